The van der Waals surface area contributed by atoms with Crippen LogP contribution in [0.3, 0.4) is 0 Å². The number of amides is 2. The van der Waals surface area contributed by atoms with Crippen LogP contribution in [0.1, 0.15) is 31.4 Å². The predicted octanol–water partition coefficient (Wildman–Crippen LogP) is 3.07. The minimum Gasteiger partial charge on any atom is -0.481 e. The second kappa shape index (κ2) is 13.0. The summed E-state index contributed by atoms with van der Waals surface area (Å²) < 4.78 is 24.0. The lowest BCUT2D eigenvalue weighted by atomic mass is 10.0. The Morgan fingerprint density at radius 1 is 1.14 bits per heavy atom. The summed E-state index contributed by atoms with van der Waals surface area (Å²) in [4.78, 5) is 21.6. The minimum absolute atomic E-state index is 0.145. The summed E-state index contributed by atoms with van der Waals surface area (Å²) in [6.45, 7) is 2.72. The lowest BCUT2D eigenvalue weighted by Gasteiger charge is -2.08. The molecule has 9 nitrogen and oxygen atoms in total. The van der Waals surface area contributed by atoms with Crippen LogP contribution < -0.4 is 16.4 Å². The molecule has 5 N–H and O–H groups in total. The van der Waals surface area contributed by atoms with E-state index in [9.17, 15) is 18.0 Å². The second-order valence-electron chi connectivity index (χ2n) is 5.85. The van der Waals surface area contributed by atoms with Gasteiger partial charge in [0.05, 0.1) is 12.1 Å². The highest BCUT2D eigenvalue weighted by Gasteiger charge is 2.10. The predicted molar refractivity (Wildman–Crippen MR) is 110 cm³/mol. The number of rotatable bonds is 7. The largest absolute Gasteiger partial charge is 0.481 e. The van der Waals surface area contributed by atoms with Gasteiger partial charge in [0, 0.05) is 18.3 Å². The summed E-state index contributed by atoms with van der Waals surface area (Å²) in [5.74, 6) is -1.01. The fourth-order valence-electron chi connectivity index (χ4n) is 2.14. The first-order valence-corrected chi connectivity index (χ1v) is 9.83. The third kappa shape index (κ3) is 10.6. The lowest BCUT2D eigenvalue weighted by molar-refractivity contribution is -0.137. The van der Waals surface area contributed by atoms with Gasteiger partial charge in [-0.25, -0.2) is 4.79 Å². The van der Waals surface area contributed by atoms with Crippen LogP contribution in [0.15, 0.2) is 59.0 Å². The van der Waals surface area contributed by atoms with Gasteiger partial charge in [-0.1, -0.05) is 37.3 Å². The number of hydrogen-bond donors (Lipinski definition) is 4. The van der Waals surface area contributed by atoms with Gasteiger partial charge in [-0.15, -0.1) is 4.36 Å². The first kappa shape index (κ1) is 23.8. The van der Waals surface area contributed by atoms with E-state index in [-0.39, 0.29) is 18.1 Å². The Hall–Kier alpha value is -3.24. The van der Waals surface area contributed by atoms with Crippen molar-refractivity contribution in [2.24, 2.45) is 10.1 Å². The maximum atomic E-state index is 11.1. The molecule has 29 heavy (non-hydrogen) atoms. The lowest BCUT2D eigenvalue weighted by Crippen LogP contribution is -2.29. The van der Waals surface area contributed by atoms with Gasteiger partial charge in [0.15, 0.2) is 0 Å². The molecule has 1 atom stereocenters. The number of aliphatic carboxylic acids is 1. The zero-order valence-corrected chi connectivity index (χ0v) is 16.7. The molecule has 2 amide bonds. The molecule has 2 aromatic rings. The molecule has 1 unspecified atom stereocenters. The number of nitrogens with two attached hydrogens (primary N) is 1. The first-order chi connectivity index (χ1) is 13.8. The van der Waals surface area contributed by atoms with Crippen LogP contribution in [0.25, 0.3) is 0 Å². The number of hydrogen-bond acceptors (Lipinski definition) is 6. The van der Waals surface area contributed by atoms with Gasteiger partial charge in [-0.3, -0.25) is 4.79 Å². The SMILES string of the molecule is CCCNC(=O)Nc1ccccc1.NC(CC(=O)O)c1cccc(N=S(=O)=O)c1. The highest BCUT2D eigenvalue weighted by molar-refractivity contribution is 7.61. The second-order valence-corrected chi connectivity index (χ2v) is 6.47. The van der Waals surface area contributed by atoms with E-state index in [4.69, 9.17) is 10.8 Å². The summed E-state index contributed by atoms with van der Waals surface area (Å²) in [6, 6.07) is 14.7. The van der Waals surface area contributed by atoms with E-state index in [1.54, 1.807) is 12.1 Å². The molecule has 0 aliphatic rings. The monoisotopic (exact) mass is 420 g/mol. The number of nitrogens with one attached hydrogen (secondary N) is 2. The van der Waals surface area contributed by atoms with E-state index < -0.39 is 22.5 Å². The molecule has 0 aromatic heterocycles. The molecule has 2 rings (SSSR count). The molecule has 0 fully saturated rings. The van der Waals surface area contributed by atoms with Crippen molar-refractivity contribution in [2.75, 3.05) is 11.9 Å². The maximum absolute atomic E-state index is 11.1. The van der Waals surface area contributed by atoms with Crippen LogP contribution >= 0.6 is 0 Å². The first-order valence-electron chi connectivity index (χ1n) is 8.80. The highest BCUT2D eigenvalue weighted by Crippen LogP contribution is 2.20. The van der Waals surface area contributed by atoms with Crippen LogP contribution in [-0.4, -0.2) is 32.1 Å². The number of anilines is 1. The van der Waals surface area contributed by atoms with Crippen LogP contribution in [0.4, 0.5) is 16.2 Å². The number of nitrogens with zero attached hydrogens (tertiary/aromatic N) is 1. The topological polar surface area (TPSA) is 151 Å². The zero-order valence-electron chi connectivity index (χ0n) is 15.9. The number of carbonyl (C=O) groups is 2. The van der Waals surface area contributed by atoms with Gasteiger partial charge in [0.1, 0.15) is 0 Å². The van der Waals surface area contributed by atoms with Crippen LogP contribution in [0, 0.1) is 0 Å². The minimum atomic E-state index is -2.53. The highest BCUT2D eigenvalue weighted by atomic mass is 32.2. The molecule has 0 bridgehead atoms. The van der Waals surface area contributed by atoms with E-state index in [1.807, 2.05) is 37.3 Å². The molecule has 10 heteroatoms. The number of carboxylic acid groups (broad SMARTS) is 1. The van der Waals surface area contributed by atoms with Crippen molar-refractivity contribution in [3.8, 4) is 0 Å². The van der Waals surface area contributed by atoms with Crippen molar-refractivity contribution in [1.29, 1.82) is 0 Å². The molecule has 0 aliphatic carbocycles. The number of urea groups is 1. The Kier molecular flexibility index (Phi) is 10.7. The van der Waals surface area contributed by atoms with Gasteiger partial charge < -0.3 is 21.5 Å². The normalized spacial score (nSPS) is 10.7. The van der Waals surface area contributed by atoms with E-state index >= 15 is 0 Å². The zero-order chi connectivity index (χ0) is 21.6. The maximum Gasteiger partial charge on any atom is 0.319 e. The van der Waals surface area contributed by atoms with Crippen molar-refractivity contribution >= 4 is 33.9 Å². The summed E-state index contributed by atoms with van der Waals surface area (Å²) >= 11 is 0. The summed E-state index contributed by atoms with van der Waals surface area (Å²) in [6.07, 6.45) is 0.728. The Morgan fingerprint density at radius 2 is 1.83 bits per heavy atom. The van der Waals surface area contributed by atoms with Crippen molar-refractivity contribution in [1.82, 2.24) is 5.32 Å². The Labute approximate surface area is 170 Å². The summed E-state index contributed by atoms with van der Waals surface area (Å²) in [5.41, 5.74) is 7.20. The molecule has 0 saturated heterocycles. The molecule has 0 saturated carbocycles. The average molecular weight is 420 g/mol. The standard InChI is InChI=1S/C10H14N2O.C9H10N2O4S/c1-2-8-11-10(13)12-9-6-4-3-5-7-9;10-8(5-9(12)13)6-2-1-3-7(4-6)11-16(14)15/h3-7H,2,8H2,1H3,(H2,11,12,13);1-4,8H,5,10H2,(H,12,13). The van der Waals surface area contributed by atoms with Gasteiger partial charge in [0.2, 0.25) is 0 Å². The van der Waals surface area contributed by atoms with Gasteiger partial charge in [-0.05, 0) is 36.2 Å². The number of para-hydroxylation sites is 1. The van der Waals surface area contributed by atoms with Crippen molar-refractivity contribution < 1.29 is 23.1 Å². The van der Waals surface area contributed by atoms with Gasteiger partial charge >= 0.3 is 22.5 Å². The van der Waals surface area contributed by atoms with E-state index in [2.05, 4.69) is 15.0 Å². The smallest absolute Gasteiger partial charge is 0.319 e. The Morgan fingerprint density at radius 3 is 2.41 bits per heavy atom. The van der Waals surface area contributed by atoms with E-state index in [0.29, 0.717) is 12.1 Å². The van der Waals surface area contributed by atoms with E-state index in [0.717, 1.165) is 12.1 Å². The Balaban J connectivity index is 0.000000296. The number of carboxylic acids is 1. The van der Waals surface area contributed by atoms with Crippen molar-refractivity contribution in [3.63, 3.8) is 0 Å². The summed E-state index contributed by atoms with van der Waals surface area (Å²) in [7, 11) is -2.53. The van der Waals surface area contributed by atoms with Gasteiger partial charge in [0.25, 0.3) is 0 Å². The quantitative estimate of drug-likeness (QED) is 0.540. The van der Waals surface area contributed by atoms with Crippen molar-refractivity contribution in [2.45, 2.75) is 25.8 Å². The molecule has 0 heterocycles. The number of benzene rings is 2. The number of carbonyl (C=O) groups excluding carboxylic acids is 1. The molecular weight excluding hydrogens is 396 g/mol. The van der Waals surface area contributed by atoms with Crippen LogP contribution in [-0.2, 0) is 15.3 Å². The molecule has 0 radical (unpaired) electrons. The third-order valence-corrected chi connectivity index (χ3v) is 3.80. The summed E-state index contributed by atoms with van der Waals surface area (Å²) in [5, 5.41) is 14.0. The van der Waals surface area contributed by atoms with Crippen LogP contribution in [0.2, 0.25) is 0 Å². The van der Waals surface area contributed by atoms with Gasteiger partial charge in [-0.2, -0.15) is 8.42 Å². The third-order valence-electron chi connectivity index (χ3n) is 3.44. The molecular formula is C19H24N4O5S. The molecule has 0 aliphatic heterocycles. The van der Waals surface area contributed by atoms with E-state index in [1.165, 1.54) is 12.1 Å². The molecule has 156 valence electrons. The average Bonchev–Trinajstić information content (AvgIpc) is 2.67. The fourth-order valence-corrected chi connectivity index (χ4v) is 2.43. The van der Waals surface area contributed by atoms with Crippen molar-refractivity contribution in [3.05, 3.63) is 60.2 Å². The molecule has 0 spiro atoms. The Bertz CT molecular complexity index is 925. The fraction of sp³-hybridized carbons (Fsp3) is 0.263. The molecule has 2 aromatic carbocycles. The van der Waals surface area contributed by atoms with Crippen LogP contribution in [0.5, 0.6) is 0 Å².